The van der Waals surface area contributed by atoms with Gasteiger partial charge in [0.25, 0.3) is 0 Å². The summed E-state index contributed by atoms with van der Waals surface area (Å²) in [6.07, 6.45) is -0.411. The summed E-state index contributed by atoms with van der Waals surface area (Å²) in [5.74, 6) is 1.88. The summed E-state index contributed by atoms with van der Waals surface area (Å²) in [4.78, 5) is 11.4. The molecule has 0 fully saturated rings. The van der Waals surface area contributed by atoms with Gasteiger partial charge in [0, 0.05) is 19.7 Å². The first-order valence-corrected chi connectivity index (χ1v) is 5.88. The maximum absolute atomic E-state index is 11.4. The van der Waals surface area contributed by atoms with Crippen molar-refractivity contribution in [1.82, 2.24) is 9.54 Å². The lowest BCUT2D eigenvalue weighted by molar-refractivity contribution is 0.153. The first-order valence-electron chi connectivity index (χ1n) is 4.96. The molecule has 2 aromatic rings. The second-order valence-corrected chi connectivity index (χ2v) is 3.95. The van der Waals surface area contributed by atoms with Gasteiger partial charge < -0.3 is 4.74 Å². The smallest absolute Gasteiger partial charge is 0.438 e. The van der Waals surface area contributed by atoms with Crippen LogP contribution in [-0.2, 0) is 4.74 Å². The molecule has 0 aliphatic carbocycles. The summed E-state index contributed by atoms with van der Waals surface area (Å²) >= 11 is 0. The van der Waals surface area contributed by atoms with Gasteiger partial charge in [0.05, 0.1) is 12.3 Å². The van der Waals surface area contributed by atoms with Gasteiger partial charge in [-0.25, -0.2) is 4.79 Å². The minimum Gasteiger partial charge on any atom is -0.448 e. The molecule has 5 heteroatoms. The zero-order valence-electron chi connectivity index (χ0n) is 8.83. The number of carbonyl (C=O) groups is 1. The lowest BCUT2D eigenvalue weighted by Gasteiger charge is -1.99. The Morgan fingerprint density at radius 2 is 2.19 bits per heavy atom. The van der Waals surface area contributed by atoms with E-state index < -0.39 is 6.09 Å². The van der Waals surface area contributed by atoms with Gasteiger partial charge in [-0.2, -0.15) is 5.10 Å². The maximum atomic E-state index is 11.4. The molecule has 0 aliphatic rings. The Bertz CT molecular complexity index is 482. The minimum atomic E-state index is -0.411. The van der Waals surface area contributed by atoms with E-state index in [0.29, 0.717) is 6.61 Å². The van der Waals surface area contributed by atoms with Gasteiger partial charge in [-0.1, -0.05) is 30.3 Å². The van der Waals surface area contributed by atoms with Crippen molar-refractivity contribution in [3.8, 4) is 11.3 Å². The third-order valence-electron chi connectivity index (χ3n) is 1.99. The maximum Gasteiger partial charge on any atom is 0.438 e. The molecule has 0 saturated heterocycles. The van der Waals surface area contributed by atoms with E-state index in [9.17, 15) is 4.79 Å². The van der Waals surface area contributed by atoms with Crippen LogP contribution in [0.4, 0.5) is 4.79 Å². The molecule has 0 N–H and O–H groups in total. The topological polar surface area (TPSA) is 44.1 Å². The molecule has 1 aromatic carbocycles. The summed E-state index contributed by atoms with van der Waals surface area (Å²) < 4.78 is 6.16. The molecule has 0 radical (unpaired) electrons. The molecular formula is C11H11N2O2P. The van der Waals surface area contributed by atoms with Crippen LogP contribution in [0.2, 0.25) is 0 Å². The predicted octanol–water partition coefficient (Wildman–Crippen LogP) is 3.13. The van der Waals surface area contributed by atoms with Gasteiger partial charge in [0.15, 0.2) is 0 Å². The minimum absolute atomic E-state index is 0.362. The Morgan fingerprint density at radius 3 is 2.88 bits per heavy atom. The van der Waals surface area contributed by atoms with Crippen LogP contribution in [0.3, 0.4) is 0 Å². The zero-order valence-corrected chi connectivity index (χ0v) is 9.72. The summed E-state index contributed by atoms with van der Waals surface area (Å²) in [6.45, 7) is 2.14. The Balaban J connectivity index is 2.23. The van der Waals surface area contributed by atoms with E-state index >= 15 is 0 Å². The highest BCUT2D eigenvalue weighted by atomic mass is 31.0. The van der Waals surface area contributed by atoms with Gasteiger partial charge in [-0.3, -0.25) is 0 Å². The van der Waals surface area contributed by atoms with Gasteiger partial charge in [0.1, 0.15) is 0 Å². The Hall–Kier alpha value is -1.67. The highest BCUT2D eigenvalue weighted by Crippen LogP contribution is 2.20. The normalized spacial score (nSPS) is 10.6. The van der Waals surface area contributed by atoms with Crippen molar-refractivity contribution in [2.45, 2.75) is 6.92 Å². The highest BCUT2D eigenvalue weighted by molar-refractivity contribution is 7.26. The van der Waals surface area contributed by atoms with Crippen LogP contribution in [-0.4, -0.2) is 22.2 Å². The van der Waals surface area contributed by atoms with Crippen molar-refractivity contribution in [3.63, 3.8) is 0 Å². The Morgan fingerprint density at radius 1 is 1.44 bits per heavy atom. The molecule has 0 atom stereocenters. The molecule has 0 bridgehead atoms. The highest BCUT2D eigenvalue weighted by Gasteiger charge is 2.08. The number of ether oxygens (including phenoxy) is 1. The molecule has 16 heavy (non-hydrogen) atoms. The summed E-state index contributed by atoms with van der Waals surface area (Å²) in [6, 6.07) is 9.74. The van der Waals surface area contributed by atoms with Crippen LogP contribution >= 0.6 is 8.35 Å². The molecule has 0 amide bonds. The zero-order chi connectivity index (χ0) is 11.4. The largest absolute Gasteiger partial charge is 0.448 e. The summed E-state index contributed by atoms with van der Waals surface area (Å²) in [5.41, 5.74) is 1.80. The first kappa shape index (κ1) is 10.8. The van der Waals surface area contributed by atoms with Crippen molar-refractivity contribution < 1.29 is 9.53 Å². The molecule has 1 aromatic heterocycles. The van der Waals surface area contributed by atoms with Crippen LogP contribution in [0.15, 0.2) is 36.1 Å². The number of hydrogen-bond donors (Lipinski definition) is 0. The fourth-order valence-electron chi connectivity index (χ4n) is 1.27. The number of rotatable bonds is 2. The monoisotopic (exact) mass is 234 g/mol. The first-order chi connectivity index (χ1) is 7.81. The van der Waals surface area contributed by atoms with Crippen molar-refractivity contribution in [1.29, 1.82) is 0 Å². The number of nitrogens with zero attached hydrogens (tertiary/aromatic N) is 2. The standard InChI is InChI=1S/C11H11N2O2P/c1-2-15-11(14)13-12-10(8-16-13)9-6-4-3-5-7-9/h3-8H,2H2,1H3. The summed E-state index contributed by atoms with van der Waals surface area (Å²) in [7, 11) is 0.725. The lowest BCUT2D eigenvalue weighted by Crippen LogP contribution is -2.11. The lowest BCUT2D eigenvalue weighted by atomic mass is 10.2. The molecule has 0 aliphatic heterocycles. The molecule has 0 spiro atoms. The number of benzene rings is 1. The van der Waals surface area contributed by atoms with Gasteiger partial charge in [-0.15, -0.1) is 4.44 Å². The fourth-order valence-corrected chi connectivity index (χ4v) is 1.99. The van der Waals surface area contributed by atoms with E-state index in [1.54, 1.807) is 6.92 Å². The second kappa shape index (κ2) is 4.90. The fraction of sp³-hybridized carbons (Fsp3) is 0.182. The van der Waals surface area contributed by atoms with E-state index in [0.717, 1.165) is 19.6 Å². The van der Waals surface area contributed by atoms with Crippen molar-refractivity contribution >= 4 is 14.4 Å². The van der Waals surface area contributed by atoms with Gasteiger partial charge in [0.2, 0.25) is 0 Å². The Kier molecular flexibility index (Phi) is 3.32. The van der Waals surface area contributed by atoms with E-state index in [-0.39, 0.29) is 0 Å². The van der Waals surface area contributed by atoms with Crippen LogP contribution in [0, 0.1) is 0 Å². The molecule has 82 valence electrons. The van der Waals surface area contributed by atoms with Crippen LogP contribution in [0.1, 0.15) is 6.92 Å². The Labute approximate surface area is 95.0 Å². The van der Waals surface area contributed by atoms with E-state index in [4.69, 9.17) is 4.74 Å². The van der Waals surface area contributed by atoms with E-state index in [2.05, 4.69) is 5.10 Å². The van der Waals surface area contributed by atoms with Crippen molar-refractivity contribution in [3.05, 3.63) is 36.1 Å². The molecule has 2 rings (SSSR count). The number of hydrogen-bond acceptors (Lipinski definition) is 3. The van der Waals surface area contributed by atoms with E-state index in [1.165, 1.54) is 4.44 Å². The quantitative estimate of drug-likeness (QED) is 0.801. The van der Waals surface area contributed by atoms with Crippen LogP contribution in [0.25, 0.3) is 11.3 Å². The molecular weight excluding hydrogens is 223 g/mol. The van der Waals surface area contributed by atoms with Crippen molar-refractivity contribution in [2.75, 3.05) is 6.61 Å². The van der Waals surface area contributed by atoms with Gasteiger partial charge >= 0.3 is 6.09 Å². The van der Waals surface area contributed by atoms with Gasteiger partial charge in [-0.05, 0) is 6.92 Å². The average molecular weight is 234 g/mol. The molecule has 0 unspecified atom stereocenters. The number of carbonyl (C=O) groups excluding carboxylic acids is 1. The average Bonchev–Trinajstić information content (AvgIpc) is 2.80. The van der Waals surface area contributed by atoms with Crippen LogP contribution < -0.4 is 0 Å². The SMILES string of the molecule is CCOC(=O)n1nc(-c2ccccc2)cp1. The third kappa shape index (κ3) is 2.28. The molecule has 4 nitrogen and oxygen atoms in total. The second-order valence-electron chi connectivity index (χ2n) is 3.08. The third-order valence-corrected chi connectivity index (χ3v) is 2.82. The van der Waals surface area contributed by atoms with Crippen LogP contribution in [0.5, 0.6) is 0 Å². The molecule has 1 heterocycles. The van der Waals surface area contributed by atoms with Crippen molar-refractivity contribution in [2.24, 2.45) is 0 Å². The van der Waals surface area contributed by atoms with E-state index in [1.807, 2.05) is 36.1 Å². The predicted molar refractivity (Wildman–Crippen MR) is 62.6 cm³/mol. The number of aromatic nitrogens is 2. The molecule has 0 saturated carbocycles. The summed E-state index contributed by atoms with van der Waals surface area (Å²) in [5, 5.41) is 4.18.